The average molecular weight is 284 g/mol. The average Bonchev–Trinajstić information content (AvgIpc) is 2.20. The second-order valence-electron chi connectivity index (χ2n) is 3.23. The second-order valence-corrected chi connectivity index (χ2v) is 4.77. The van der Waals surface area contributed by atoms with E-state index in [4.69, 9.17) is 0 Å². The van der Waals surface area contributed by atoms with Crippen LogP contribution in [0.15, 0.2) is 30.9 Å². The summed E-state index contributed by atoms with van der Waals surface area (Å²) < 4.78 is 74.7. The Morgan fingerprint density at radius 3 is 2.44 bits per heavy atom. The molecule has 1 aromatic carbocycles. The molecule has 0 saturated carbocycles. The Balaban J connectivity index is 3.16. The van der Waals surface area contributed by atoms with Crippen molar-refractivity contribution < 1.29 is 30.2 Å². The van der Waals surface area contributed by atoms with Gasteiger partial charge in [0.25, 0.3) is 0 Å². The quantitative estimate of drug-likeness (QED) is 0.369. The number of allylic oxidation sites excluding steroid dienone is 1. The zero-order valence-electron chi connectivity index (χ0n) is 8.87. The smallest absolute Gasteiger partial charge is 0.376 e. The highest BCUT2D eigenvalue weighted by atomic mass is 32.2. The van der Waals surface area contributed by atoms with Gasteiger partial charge in [0, 0.05) is 5.56 Å². The van der Waals surface area contributed by atoms with Crippen LogP contribution in [0, 0.1) is 5.82 Å². The van der Waals surface area contributed by atoms with Crippen molar-refractivity contribution in [2.24, 2.45) is 0 Å². The van der Waals surface area contributed by atoms with Crippen LogP contribution < -0.4 is 4.18 Å². The van der Waals surface area contributed by atoms with Crippen molar-refractivity contribution in [3.8, 4) is 5.75 Å². The molecule has 0 aliphatic rings. The molecular formula is C10H8F4O3S. The van der Waals surface area contributed by atoms with Crippen LogP contribution in [0.5, 0.6) is 5.75 Å². The summed E-state index contributed by atoms with van der Waals surface area (Å²) in [5, 5.41) is 0. The van der Waals surface area contributed by atoms with Gasteiger partial charge in [0.1, 0.15) is 11.6 Å². The maximum absolute atomic E-state index is 12.9. The van der Waals surface area contributed by atoms with Gasteiger partial charge in [-0.3, -0.25) is 0 Å². The summed E-state index contributed by atoms with van der Waals surface area (Å²) in [7, 11) is -5.76. The van der Waals surface area contributed by atoms with Gasteiger partial charge in [0.15, 0.2) is 0 Å². The molecule has 0 aliphatic heterocycles. The molecule has 0 aromatic heterocycles. The Bertz CT molecular complexity index is 549. The van der Waals surface area contributed by atoms with Crippen molar-refractivity contribution in [1.82, 2.24) is 0 Å². The highest BCUT2D eigenvalue weighted by Crippen LogP contribution is 2.29. The van der Waals surface area contributed by atoms with Crippen LogP contribution in [0.2, 0.25) is 0 Å². The van der Waals surface area contributed by atoms with E-state index in [0.29, 0.717) is 0 Å². The fourth-order valence-corrected chi connectivity index (χ4v) is 1.60. The van der Waals surface area contributed by atoms with Crippen molar-refractivity contribution in [2.45, 2.75) is 11.9 Å². The molecule has 0 atom stereocenters. The van der Waals surface area contributed by atoms with E-state index in [1.54, 1.807) is 0 Å². The van der Waals surface area contributed by atoms with Crippen LogP contribution in [0.4, 0.5) is 17.6 Å². The van der Waals surface area contributed by atoms with Crippen molar-refractivity contribution in [3.63, 3.8) is 0 Å². The van der Waals surface area contributed by atoms with Gasteiger partial charge in [0.2, 0.25) is 0 Å². The third-order valence-electron chi connectivity index (χ3n) is 1.87. The summed E-state index contributed by atoms with van der Waals surface area (Å²) in [4.78, 5) is 0. The Morgan fingerprint density at radius 2 is 1.94 bits per heavy atom. The zero-order chi connectivity index (χ0) is 14.0. The highest BCUT2D eigenvalue weighted by Gasteiger charge is 2.48. The lowest BCUT2D eigenvalue weighted by molar-refractivity contribution is -0.0500. The van der Waals surface area contributed by atoms with Crippen LogP contribution in [-0.4, -0.2) is 13.9 Å². The molecule has 100 valence electrons. The molecule has 0 fully saturated rings. The monoisotopic (exact) mass is 284 g/mol. The summed E-state index contributed by atoms with van der Waals surface area (Å²) in [6.07, 6.45) is 1.25. The summed E-state index contributed by atoms with van der Waals surface area (Å²) in [6, 6.07) is 2.49. The Kier molecular flexibility index (Phi) is 4.00. The molecule has 0 spiro atoms. The molecular weight excluding hydrogens is 276 g/mol. The van der Waals surface area contributed by atoms with Crippen LogP contribution in [0.25, 0.3) is 0 Å². The third kappa shape index (κ3) is 3.22. The first-order valence-corrected chi connectivity index (χ1v) is 5.98. The van der Waals surface area contributed by atoms with Crippen LogP contribution in [0.3, 0.4) is 0 Å². The van der Waals surface area contributed by atoms with Crippen LogP contribution >= 0.6 is 0 Å². The lowest BCUT2D eigenvalue weighted by atomic mass is 10.1. The van der Waals surface area contributed by atoms with Gasteiger partial charge in [-0.15, -0.1) is 6.58 Å². The minimum atomic E-state index is -5.76. The maximum atomic E-state index is 12.9. The standard InChI is InChI=1S/C10H8F4O3S/c1-2-3-7-6-8(11)4-5-9(7)17-18(15,16)10(12,13)14/h2,4-6H,1,3H2. The minimum Gasteiger partial charge on any atom is -0.376 e. The second kappa shape index (κ2) is 4.97. The van der Waals surface area contributed by atoms with Gasteiger partial charge in [-0.1, -0.05) is 6.08 Å². The number of alkyl halides is 3. The number of benzene rings is 1. The molecule has 1 aromatic rings. The molecule has 0 saturated heterocycles. The van der Waals surface area contributed by atoms with E-state index >= 15 is 0 Å². The fourth-order valence-electron chi connectivity index (χ4n) is 1.11. The third-order valence-corrected chi connectivity index (χ3v) is 2.84. The first kappa shape index (κ1) is 14.5. The van der Waals surface area contributed by atoms with Gasteiger partial charge in [-0.25, -0.2) is 4.39 Å². The molecule has 8 heteroatoms. The first-order valence-electron chi connectivity index (χ1n) is 4.57. The van der Waals surface area contributed by atoms with Crippen molar-refractivity contribution in [2.75, 3.05) is 0 Å². The van der Waals surface area contributed by atoms with Crippen LogP contribution in [0.1, 0.15) is 5.56 Å². The summed E-state index contributed by atoms with van der Waals surface area (Å²) in [6.45, 7) is 3.32. The van der Waals surface area contributed by atoms with E-state index < -0.39 is 27.2 Å². The molecule has 0 amide bonds. The van der Waals surface area contributed by atoms with Gasteiger partial charge in [-0.2, -0.15) is 21.6 Å². The summed E-state index contributed by atoms with van der Waals surface area (Å²) in [5.74, 6) is -1.29. The molecule has 1 rings (SSSR count). The van der Waals surface area contributed by atoms with Gasteiger partial charge in [0.05, 0.1) is 0 Å². The van der Waals surface area contributed by atoms with Gasteiger partial charge >= 0.3 is 15.6 Å². The molecule has 0 aliphatic carbocycles. The lowest BCUT2D eigenvalue weighted by Crippen LogP contribution is -2.28. The molecule has 0 bridgehead atoms. The zero-order valence-corrected chi connectivity index (χ0v) is 9.68. The number of halogens is 4. The van der Waals surface area contributed by atoms with Crippen molar-refractivity contribution in [3.05, 3.63) is 42.2 Å². The van der Waals surface area contributed by atoms with Crippen molar-refractivity contribution in [1.29, 1.82) is 0 Å². The normalized spacial score (nSPS) is 12.2. The molecule has 0 unspecified atom stereocenters. The predicted octanol–water partition coefficient (Wildman–Crippen LogP) is 2.78. The van der Waals surface area contributed by atoms with Gasteiger partial charge in [-0.05, 0) is 24.6 Å². The molecule has 18 heavy (non-hydrogen) atoms. The van der Waals surface area contributed by atoms with E-state index in [0.717, 1.165) is 18.2 Å². The Hall–Kier alpha value is -1.57. The van der Waals surface area contributed by atoms with Crippen molar-refractivity contribution >= 4 is 10.1 Å². The SMILES string of the molecule is C=CCc1cc(F)ccc1OS(=O)(=O)C(F)(F)F. The van der Waals surface area contributed by atoms with E-state index in [1.807, 2.05) is 0 Å². The molecule has 0 heterocycles. The predicted molar refractivity (Wildman–Crippen MR) is 55.9 cm³/mol. The number of rotatable bonds is 4. The Labute approximate surface area is 101 Å². The first-order chi connectivity index (χ1) is 8.17. The van der Waals surface area contributed by atoms with E-state index in [2.05, 4.69) is 10.8 Å². The van der Waals surface area contributed by atoms with Gasteiger partial charge < -0.3 is 4.18 Å². The topological polar surface area (TPSA) is 43.4 Å². The molecule has 0 N–H and O–H groups in total. The maximum Gasteiger partial charge on any atom is 0.534 e. The number of hydrogen-bond acceptors (Lipinski definition) is 3. The Morgan fingerprint density at radius 1 is 1.33 bits per heavy atom. The molecule has 0 radical (unpaired) electrons. The van der Waals surface area contributed by atoms with E-state index in [1.165, 1.54) is 6.08 Å². The largest absolute Gasteiger partial charge is 0.534 e. The van der Waals surface area contributed by atoms with E-state index in [-0.39, 0.29) is 12.0 Å². The minimum absolute atomic E-state index is 0.0273. The highest BCUT2D eigenvalue weighted by molar-refractivity contribution is 7.88. The van der Waals surface area contributed by atoms with E-state index in [9.17, 15) is 26.0 Å². The summed E-state index contributed by atoms with van der Waals surface area (Å²) in [5.41, 5.74) is -5.58. The summed E-state index contributed by atoms with van der Waals surface area (Å²) >= 11 is 0. The van der Waals surface area contributed by atoms with Crippen LogP contribution in [-0.2, 0) is 16.5 Å². The fraction of sp³-hybridized carbons (Fsp3) is 0.200. The molecule has 3 nitrogen and oxygen atoms in total. The lowest BCUT2D eigenvalue weighted by Gasteiger charge is -2.12. The number of hydrogen-bond donors (Lipinski definition) is 0.